The second kappa shape index (κ2) is 10.9. The van der Waals surface area contributed by atoms with Crippen LogP contribution in [0.1, 0.15) is 0 Å². The van der Waals surface area contributed by atoms with Crippen LogP contribution in [-0.2, 0) is 0 Å². The monoisotopic (exact) mass is 652 g/mol. The van der Waals surface area contributed by atoms with E-state index in [1.165, 1.54) is 5.46 Å². The predicted octanol–water partition coefficient (Wildman–Crippen LogP) is 10.5. The van der Waals surface area contributed by atoms with Crippen molar-refractivity contribution in [1.82, 2.24) is 0 Å². The predicted molar refractivity (Wildman–Crippen MR) is 210 cm³/mol. The number of hydrogen-bond acceptors (Lipinski definition) is 4. The molecule has 238 valence electrons. The number of nitrogens with zero attached hydrogens (tertiary/aromatic N) is 2. The number of rotatable bonds is 4. The lowest BCUT2D eigenvalue weighted by Crippen LogP contribution is -2.59. The van der Waals surface area contributed by atoms with E-state index in [0.29, 0.717) is 0 Å². The maximum Gasteiger partial charge on any atom is 0.256 e. The molecule has 0 aromatic heterocycles. The third-order valence-electron chi connectivity index (χ3n) is 10.5. The van der Waals surface area contributed by atoms with E-state index in [0.717, 1.165) is 89.9 Å². The summed E-state index contributed by atoms with van der Waals surface area (Å²) in [6.07, 6.45) is 0. The van der Waals surface area contributed by atoms with Gasteiger partial charge < -0.3 is 19.3 Å². The molecule has 11 rings (SSSR count). The molecule has 0 spiro atoms. The molecule has 0 aliphatic carbocycles. The van der Waals surface area contributed by atoms with E-state index in [2.05, 4.69) is 186 Å². The quantitative estimate of drug-likeness (QED) is 0.177. The van der Waals surface area contributed by atoms with Crippen LogP contribution in [0.5, 0.6) is 23.0 Å². The summed E-state index contributed by atoms with van der Waals surface area (Å²) in [4.78, 5) is 4.70. The summed E-state index contributed by atoms with van der Waals surface area (Å²) >= 11 is 0. The minimum absolute atomic E-state index is 0.00474. The van der Waals surface area contributed by atoms with Crippen LogP contribution >= 0.6 is 0 Å². The molecule has 3 aliphatic heterocycles. The Morgan fingerprint density at radius 2 is 1.14 bits per heavy atom. The van der Waals surface area contributed by atoms with Gasteiger partial charge in [-0.15, -0.1) is 0 Å². The zero-order chi connectivity index (χ0) is 33.5. The highest BCUT2D eigenvalue weighted by Gasteiger charge is 2.45. The van der Waals surface area contributed by atoms with Gasteiger partial charge in [-0.1, -0.05) is 109 Å². The summed E-state index contributed by atoms with van der Waals surface area (Å²) in [5.74, 6) is 3.44. The first-order valence-corrected chi connectivity index (χ1v) is 17.4. The molecule has 0 N–H and O–H groups in total. The average Bonchev–Trinajstić information content (AvgIpc) is 3.20. The number of ether oxygens (including phenoxy) is 2. The number of anilines is 6. The summed E-state index contributed by atoms with van der Waals surface area (Å²) in [5, 5.41) is 2.20. The van der Waals surface area contributed by atoms with Gasteiger partial charge in [-0.25, -0.2) is 0 Å². The summed E-state index contributed by atoms with van der Waals surface area (Å²) in [6.45, 7) is -0.00474. The Kier molecular flexibility index (Phi) is 6.01. The van der Waals surface area contributed by atoms with Crippen LogP contribution in [-0.4, -0.2) is 6.71 Å². The Morgan fingerprint density at radius 3 is 1.90 bits per heavy atom. The van der Waals surface area contributed by atoms with Crippen molar-refractivity contribution in [3.63, 3.8) is 0 Å². The minimum Gasteiger partial charge on any atom is -0.458 e. The number of para-hydroxylation sites is 5. The molecule has 4 nitrogen and oxygen atoms in total. The molecule has 0 amide bonds. The SMILES string of the molecule is c1ccc(N2c3ccccc3B3c4ccccc4Oc4cc5c(c2c43)Oc2cccc3c(N(c4ccccc4)c4ccccc4)ccc-5c23)cc1. The molecule has 3 heterocycles. The van der Waals surface area contributed by atoms with Gasteiger partial charge in [0.05, 0.1) is 11.4 Å². The second-order valence-corrected chi connectivity index (χ2v) is 13.2. The highest BCUT2D eigenvalue weighted by Crippen LogP contribution is 2.56. The first kappa shape index (κ1) is 28.2. The molecule has 51 heavy (non-hydrogen) atoms. The largest absolute Gasteiger partial charge is 0.458 e. The smallest absolute Gasteiger partial charge is 0.256 e. The number of fused-ring (bicyclic) bond motifs is 7. The number of hydrogen-bond donors (Lipinski definition) is 0. The third kappa shape index (κ3) is 4.09. The van der Waals surface area contributed by atoms with Gasteiger partial charge in [0.25, 0.3) is 6.71 Å². The van der Waals surface area contributed by atoms with Crippen molar-refractivity contribution in [1.29, 1.82) is 0 Å². The third-order valence-corrected chi connectivity index (χ3v) is 10.5. The van der Waals surface area contributed by atoms with Gasteiger partial charge in [-0.3, -0.25) is 0 Å². The molecule has 0 atom stereocenters. The van der Waals surface area contributed by atoms with E-state index in [-0.39, 0.29) is 6.71 Å². The first-order chi connectivity index (χ1) is 25.3. The lowest BCUT2D eigenvalue weighted by atomic mass is 9.34. The average molecular weight is 653 g/mol. The Morgan fingerprint density at radius 1 is 0.490 bits per heavy atom. The van der Waals surface area contributed by atoms with Crippen LogP contribution in [0.15, 0.2) is 176 Å². The molecule has 8 aromatic carbocycles. The van der Waals surface area contributed by atoms with E-state index in [9.17, 15) is 0 Å². The molecule has 0 unspecified atom stereocenters. The lowest BCUT2D eigenvalue weighted by Gasteiger charge is -2.42. The Balaban J connectivity index is 1.20. The molecule has 0 fully saturated rings. The van der Waals surface area contributed by atoms with Crippen LogP contribution < -0.4 is 35.7 Å². The zero-order valence-corrected chi connectivity index (χ0v) is 27.5. The molecule has 0 saturated heterocycles. The molecule has 0 bridgehead atoms. The Bertz CT molecular complexity index is 2620. The van der Waals surface area contributed by atoms with Crippen molar-refractivity contribution in [3.05, 3.63) is 176 Å². The molecule has 8 aromatic rings. The summed E-state index contributed by atoms with van der Waals surface area (Å²) in [5.41, 5.74) is 12.2. The highest BCUT2D eigenvalue weighted by atomic mass is 16.5. The first-order valence-electron chi connectivity index (χ1n) is 17.4. The van der Waals surface area contributed by atoms with Crippen molar-refractivity contribution < 1.29 is 9.47 Å². The molecule has 0 saturated carbocycles. The van der Waals surface area contributed by atoms with E-state index in [1.807, 2.05) is 0 Å². The standard InChI is InChI=1S/C46H29BN2O2/c1-4-15-30(16-5-1)48(31-17-6-2-7-18-31)38-28-27-33-35-29-42-44-45(46(35)51-41-26-14-21-34(38)43(33)41)49(32-19-8-3-9-20-32)39-24-12-10-22-36(39)47(44)37-23-11-13-25-40(37)50-42/h1-29H. The Hall–Kier alpha value is -6.72. The maximum absolute atomic E-state index is 7.21. The molecular formula is C46H29BN2O2. The molecular weight excluding hydrogens is 623 g/mol. The van der Waals surface area contributed by atoms with E-state index in [1.54, 1.807) is 0 Å². The van der Waals surface area contributed by atoms with Gasteiger partial charge in [0.1, 0.15) is 17.2 Å². The molecule has 0 radical (unpaired) electrons. The zero-order valence-electron chi connectivity index (χ0n) is 27.5. The highest BCUT2D eigenvalue weighted by molar-refractivity contribution is 6.99. The fourth-order valence-electron chi connectivity index (χ4n) is 8.39. The van der Waals surface area contributed by atoms with Crippen molar-refractivity contribution in [2.24, 2.45) is 0 Å². The van der Waals surface area contributed by atoms with Crippen LogP contribution in [0.4, 0.5) is 34.1 Å². The van der Waals surface area contributed by atoms with Gasteiger partial charge in [0.2, 0.25) is 0 Å². The van der Waals surface area contributed by atoms with E-state index in [4.69, 9.17) is 9.47 Å². The summed E-state index contributed by atoms with van der Waals surface area (Å²) in [7, 11) is 0. The van der Waals surface area contributed by atoms with Crippen molar-refractivity contribution in [2.45, 2.75) is 0 Å². The van der Waals surface area contributed by atoms with Gasteiger partial charge >= 0.3 is 0 Å². The normalized spacial score (nSPS) is 12.9. The fraction of sp³-hybridized carbons (Fsp3) is 0. The molecule has 5 heteroatoms. The van der Waals surface area contributed by atoms with Crippen LogP contribution in [0.3, 0.4) is 0 Å². The fourth-order valence-corrected chi connectivity index (χ4v) is 8.39. The number of benzene rings is 8. The topological polar surface area (TPSA) is 24.9 Å². The summed E-state index contributed by atoms with van der Waals surface area (Å²) < 4.78 is 14.1. The van der Waals surface area contributed by atoms with Crippen LogP contribution in [0.2, 0.25) is 0 Å². The van der Waals surface area contributed by atoms with Gasteiger partial charge in [0.15, 0.2) is 5.75 Å². The van der Waals surface area contributed by atoms with Gasteiger partial charge in [0, 0.05) is 44.5 Å². The molecule has 3 aliphatic rings. The van der Waals surface area contributed by atoms with Crippen molar-refractivity contribution in [3.8, 4) is 34.1 Å². The van der Waals surface area contributed by atoms with Crippen molar-refractivity contribution >= 4 is 68.0 Å². The van der Waals surface area contributed by atoms with E-state index >= 15 is 0 Å². The second-order valence-electron chi connectivity index (χ2n) is 13.2. The van der Waals surface area contributed by atoms with Gasteiger partial charge in [-0.2, -0.15) is 0 Å². The van der Waals surface area contributed by atoms with Gasteiger partial charge in [-0.05, 0) is 83.2 Å². The lowest BCUT2D eigenvalue weighted by molar-refractivity contribution is 0.475. The van der Waals surface area contributed by atoms with Crippen LogP contribution in [0.25, 0.3) is 21.9 Å². The van der Waals surface area contributed by atoms with E-state index < -0.39 is 0 Å². The Labute approximate surface area is 296 Å². The van der Waals surface area contributed by atoms with Crippen molar-refractivity contribution in [2.75, 3.05) is 9.80 Å². The summed E-state index contributed by atoms with van der Waals surface area (Å²) in [6, 6.07) is 62.1. The van der Waals surface area contributed by atoms with Crippen LogP contribution in [0, 0.1) is 0 Å². The minimum atomic E-state index is -0.00474. The maximum atomic E-state index is 7.21.